The molecule has 0 bridgehead atoms. The van der Waals surface area contributed by atoms with Gasteiger partial charge in [-0.05, 0) is 30.5 Å². The number of halogens is 1. The third kappa shape index (κ3) is 3.23. The summed E-state index contributed by atoms with van der Waals surface area (Å²) in [5.41, 5.74) is 2.13. The van der Waals surface area contributed by atoms with Crippen molar-refractivity contribution in [1.29, 1.82) is 0 Å². The van der Waals surface area contributed by atoms with Gasteiger partial charge in [0.25, 0.3) is 0 Å². The Kier molecular flexibility index (Phi) is 4.80. The second kappa shape index (κ2) is 5.89. The average Bonchev–Trinajstić information content (AvgIpc) is 2.28. The summed E-state index contributed by atoms with van der Waals surface area (Å²) in [5.74, 6) is 0.599. The Hall–Kier alpha value is -1.03. The maximum atomic E-state index is 11.2. The predicted octanol–water partition coefficient (Wildman–Crippen LogP) is 2.48. The van der Waals surface area contributed by atoms with E-state index in [1.807, 2.05) is 25.1 Å². The van der Waals surface area contributed by atoms with Crippen molar-refractivity contribution >= 4 is 21.9 Å². The molecule has 1 unspecified atom stereocenters. The molecule has 0 saturated heterocycles. The summed E-state index contributed by atoms with van der Waals surface area (Å²) in [4.78, 5) is 10.9. The Morgan fingerprint density at radius 2 is 2.12 bits per heavy atom. The molecule has 0 aliphatic carbocycles. The third-order valence-electron chi connectivity index (χ3n) is 2.33. The van der Waals surface area contributed by atoms with Gasteiger partial charge in [0.1, 0.15) is 10.6 Å². The number of carbonyl (C=O) groups excluding carboxylic acids is 1. The largest absolute Gasteiger partial charge is 0.496 e. The molecule has 0 N–H and O–H groups in total. The van der Waals surface area contributed by atoms with E-state index in [1.165, 1.54) is 7.11 Å². The topological polar surface area (TPSA) is 35.5 Å². The van der Waals surface area contributed by atoms with Gasteiger partial charge in [-0.1, -0.05) is 28.1 Å². The van der Waals surface area contributed by atoms with E-state index >= 15 is 0 Å². The number of aryl methyl sites for hydroxylation is 1. The molecule has 0 heterocycles. The van der Waals surface area contributed by atoms with E-state index in [4.69, 9.17) is 4.74 Å². The van der Waals surface area contributed by atoms with E-state index in [9.17, 15) is 4.79 Å². The second-order valence-corrected chi connectivity index (χ2v) is 4.60. The van der Waals surface area contributed by atoms with E-state index in [-0.39, 0.29) is 10.8 Å². The first-order valence-corrected chi connectivity index (χ1v) is 5.85. The lowest BCUT2D eigenvalue weighted by atomic mass is 10.1. The first-order valence-electron chi connectivity index (χ1n) is 4.94. The standard InChI is InChI=1S/C12H15BrO3/c1-8-6-9(4-5-11(8)15-2)7-10(13)12(14)16-3/h4-6,10H,7H2,1-3H3. The van der Waals surface area contributed by atoms with Crippen LogP contribution in [0.5, 0.6) is 5.75 Å². The van der Waals surface area contributed by atoms with Gasteiger partial charge >= 0.3 is 5.97 Å². The molecule has 3 nitrogen and oxygen atoms in total. The molecular formula is C12H15BrO3. The molecule has 0 aromatic heterocycles. The highest BCUT2D eigenvalue weighted by Crippen LogP contribution is 2.20. The number of esters is 1. The number of rotatable bonds is 4. The number of ether oxygens (including phenoxy) is 2. The minimum Gasteiger partial charge on any atom is -0.496 e. The zero-order valence-corrected chi connectivity index (χ0v) is 11.2. The third-order valence-corrected chi connectivity index (χ3v) is 3.03. The van der Waals surface area contributed by atoms with Crippen LogP contribution in [-0.4, -0.2) is 25.0 Å². The van der Waals surface area contributed by atoms with Crippen molar-refractivity contribution in [2.24, 2.45) is 0 Å². The molecule has 1 rings (SSSR count). The summed E-state index contributed by atoms with van der Waals surface area (Å²) in [6, 6.07) is 5.86. The van der Waals surface area contributed by atoms with Gasteiger partial charge in [0.2, 0.25) is 0 Å². The number of carbonyl (C=O) groups is 1. The van der Waals surface area contributed by atoms with Crippen molar-refractivity contribution in [1.82, 2.24) is 0 Å². The van der Waals surface area contributed by atoms with Crippen molar-refractivity contribution in [3.05, 3.63) is 29.3 Å². The quantitative estimate of drug-likeness (QED) is 0.630. The zero-order valence-electron chi connectivity index (χ0n) is 9.62. The molecule has 1 aromatic carbocycles. The number of alkyl halides is 1. The van der Waals surface area contributed by atoms with Gasteiger partial charge in [0.15, 0.2) is 0 Å². The van der Waals surface area contributed by atoms with Crippen LogP contribution in [0, 0.1) is 6.92 Å². The molecule has 16 heavy (non-hydrogen) atoms. The molecule has 0 aliphatic rings. The molecule has 0 aliphatic heterocycles. The maximum Gasteiger partial charge on any atom is 0.319 e. The Morgan fingerprint density at radius 3 is 2.62 bits per heavy atom. The summed E-state index contributed by atoms with van der Waals surface area (Å²) in [5, 5.41) is 0. The van der Waals surface area contributed by atoms with E-state index in [2.05, 4.69) is 20.7 Å². The number of hydrogen-bond acceptors (Lipinski definition) is 3. The highest BCUT2D eigenvalue weighted by atomic mass is 79.9. The first-order chi connectivity index (χ1) is 7.58. The summed E-state index contributed by atoms with van der Waals surface area (Å²) >= 11 is 3.29. The van der Waals surface area contributed by atoms with E-state index in [1.54, 1.807) is 7.11 Å². The molecule has 88 valence electrons. The van der Waals surface area contributed by atoms with Crippen LogP contribution in [0.15, 0.2) is 18.2 Å². The number of methoxy groups -OCH3 is 2. The van der Waals surface area contributed by atoms with Crippen LogP contribution in [0.3, 0.4) is 0 Å². The van der Waals surface area contributed by atoms with Crippen molar-refractivity contribution in [2.45, 2.75) is 18.2 Å². The summed E-state index contributed by atoms with van der Waals surface area (Å²) < 4.78 is 9.82. The minimum atomic E-state index is -0.301. The van der Waals surface area contributed by atoms with Crippen LogP contribution < -0.4 is 4.74 Å². The van der Waals surface area contributed by atoms with Crippen LogP contribution in [0.2, 0.25) is 0 Å². The van der Waals surface area contributed by atoms with Gasteiger partial charge in [-0.2, -0.15) is 0 Å². The number of benzene rings is 1. The van der Waals surface area contributed by atoms with Gasteiger partial charge in [-0.3, -0.25) is 4.79 Å². The molecule has 0 fully saturated rings. The van der Waals surface area contributed by atoms with Crippen LogP contribution >= 0.6 is 15.9 Å². The molecule has 1 atom stereocenters. The maximum absolute atomic E-state index is 11.2. The Balaban J connectivity index is 2.75. The van der Waals surface area contributed by atoms with Crippen molar-refractivity contribution in [3.8, 4) is 5.75 Å². The monoisotopic (exact) mass is 286 g/mol. The summed E-state index contributed by atoms with van der Waals surface area (Å²) in [7, 11) is 3.03. The van der Waals surface area contributed by atoms with Crippen LogP contribution in [0.1, 0.15) is 11.1 Å². The Morgan fingerprint density at radius 1 is 1.44 bits per heavy atom. The summed E-state index contributed by atoms with van der Waals surface area (Å²) in [6.07, 6.45) is 0.609. The summed E-state index contributed by atoms with van der Waals surface area (Å²) in [6.45, 7) is 1.98. The fraction of sp³-hybridized carbons (Fsp3) is 0.417. The van der Waals surface area contributed by atoms with Gasteiger partial charge in [0.05, 0.1) is 14.2 Å². The van der Waals surface area contributed by atoms with Crippen LogP contribution in [-0.2, 0) is 16.0 Å². The predicted molar refractivity (Wildman–Crippen MR) is 66.2 cm³/mol. The molecule has 4 heteroatoms. The Labute approximate surface area is 104 Å². The highest BCUT2D eigenvalue weighted by molar-refractivity contribution is 9.10. The van der Waals surface area contributed by atoms with Crippen molar-refractivity contribution in [2.75, 3.05) is 14.2 Å². The van der Waals surface area contributed by atoms with Crippen molar-refractivity contribution < 1.29 is 14.3 Å². The highest BCUT2D eigenvalue weighted by Gasteiger charge is 2.15. The lowest BCUT2D eigenvalue weighted by Crippen LogP contribution is -2.18. The van der Waals surface area contributed by atoms with Gasteiger partial charge in [0, 0.05) is 0 Å². The first kappa shape index (κ1) is 13.0. The van der Waals surface area contributed by atoms with E-state index in [0.29, 0.717) is 6.42 Å². The fourth-order valence-electron chi connectivity index (χ4n) is 1.49. The molecule has 1 aromatic rings. The molecular weight excluding hydrogens is 272 g/mol. The minimum absolute atomic E-state index is 0.256. The SMILES string of the molecule is COC(=O)C(Br)Cc1ccc(OC)c(C)c1. The van der Waals surface area contributed by atoms with Gasteiger partial charge in [-0.15, -0.1) is 0 Å². The molecule has 0 radical (unpaired) electrons. The Bertz CT molecular complexity index is 377. The fourth-order valence-corrected chi connectivity index (χ4v) is 2.05. The molecule has 0 amide bonds. The van der Waals surface area contributed by atoms with E-state index < -0.39 is 0 Å². The van der Waals surface area contributed by atoms with Crippen molar-refractivity contribution in [3.63, 3.8) is 0 Å². The second-order valence-electron chi connectivity index (χ2n) is 3.50. The van der Waals surface area contributed by atoms with Crippen LogP contribution in [0.4, 0.5) is 0 Å². The van der Waals surface area contributed by atoms with Gasteiger partial charge < -0.3 is 9.47 Å². The smallest absolute Gasteiger partial charge is 0.319 e. The molecule has 0 spiro atoms. The lowest BCUT2D eigenvalue weighted by Gasteiger charge is -2.10. The number of hydrogen-bond donors (Lipinski definition) is 0. The van der Waals surface area contributed by atoms with Crippen LogP contribution in [0.25, 0.3) is 0 Å². The molecule has 0 saturated carbocycles. The zero-order chi connectivity index (χ0) is 12.1. The normalized spacial score (nSPS) is 12.0. The average molecular weight is 287 g/mol. The lowest BCUT2D eigenvalue weighted by molar-refractivity contribution is -0.139. The van der Waals surface area contributed by atoms with E-state index in [0.717, 1.165) is 16.9 Å². The van der Waals surface area contributed by atoms with Gasteiger partial charge in [-0.25, -0.2) is 0 Å².